The van der Waals surface area contributed by atoms with E-state index in [0.717, 1.165) is 0 Å². The van der Waals surface area contributed by atoms with Crippen molar-refractivity contribution in [2.75, 3.05) is 27.4 Å². The van der Waals surface area contributed by atoms with E-state index in [9.17, 15) is 18.0 Å². The zero-order valence-electron chi connectivity index (χ0n) is 16.0. The molecule has 0 radical (unpaired) electrons. The van der Waals surface area contributed by atoms with Gasteiger partial charge >= 0.3 is 0 Å². The van der Waals surface area contributed by atoms with Gasteiger partial charge in [0, 0.05) is 26.2 Å². The third-order valence-corrected chi connectivity index (χ3v) is 5.61. The fraction of sp³-hybridized carbons (Fsp3) is 0.263. The average molecular weight is 419 g/mol. The van der Waals surface area contributed by atoms with Crippen LogP contribution in [0.4, 0.5) is 0 Å². The van der Waals surface area contributed by atoms with Crippen LogP contribution < -0.4 is 19.5 Å². The molecular weight excluding hydrogens is 398 g/mol. The van der Waals surface area contributed by atoms with E-state index in [1.54, 1.807) is 32.3 Å². The van der Waals surface area contributed by atoms with E-state index in [-0.39, 0.29) is 36.2 Å². The van der Waals surface area contributed by atoms with E-state index in [1.807, 2.05) is 0 Å². The minimum absolute atomic E-state index is 0.0483. The van der Waals surface area contributed by atoms with Gasteiger partial charge in [0.25, 0.3) is 5.91 Å². The number of nitrogens with zero attached hydrogens (tertiary/aromatic N) is 1. The second-order valence-corrected chi connectivity index (χ2v) is 8.28. The smallest absolute Gasteiger partial charge is 0.251 e. The molecule has 154 valence electrons. The summed E-state index contributed by atoms with van der Waals surface area (Å²) in [6.07, 6.45) is 0. The zero-order chi connectivity index (χ0) is 21.0. The van der Waals surface area contributed by atoms with Crippen LogP contribution in [-0.2, 0) is 21.4 Å². The van der Waals surface area contributed by atoms with Gasteiger partial charge in [-0.05, 0) is 35.9 Å². The zero-order valence-corrected chi connectivity index (χ0v) is 16.8. The first-order chi connectivity index (χ1) is 13.8. The molecule has 0 bridgehead atoms. The maximum atomic E-state index is 12.6. The van der Waals surface area contributed by atoms with Gasteiger partial charge < -0.3 is 19.7 Å². The predicted octanol–water partition coefficient (Wildman–Crippen LogP) is 0.712. The molecule has 0 fully saturated rings. The van der Waals surface area contributed by atoms with Crippen molar-refractivity contribution in [1.29, 1.82) is 0 Å². The van der Waals surface area contributed by atoms with Crippen molar-refractivity contribution in [1.82, 2.24) is 14.9 Å². The standard InChI is InChI=1S/C19H21N3O6S/c1-22(2)18(23)11-20-19(24)14-4-3-5-15(9-14)29(25,26)21-10-13-6-7-16-17(8-13)28-12-27-16/h3-9,21H,10-12H2,1-2H3,(H,20,24). The Bertz CT molecular complexity index is 1040. The minimum Gasteiger partial charge on any atom is -0.454 e. The van der Waals surface area contributed by atoms with E-state index >= 15 is 0 Å². The van der Waals surface area contributed by atoms with Crippen molar-refractivity contribution >= 4 is 21.8 Å². The lowest BCUT2D eigenvalue weighted by Crippen LogP contribution is -2.36. The van der Waals surface area contributed by atoms with Gasteiger partial charge in [0.2, 0.25) is 22.7 Å². The predicted molar refractivity (Wildman–Crippen MR) is 104 cm³/mol. The number of hydrogen-bond acceptors (Lipinski definition) is 6. The van der Waals surface area contributed by atoms with Crippen LogP contribution in [0, 0.1) is 0 Å². The molecule has 0 saturated heterocycles. The third kappa shape index (κ3) is 5.04. The minimum atomic E-state index is -3.85. The maximum Gasteiger partial charge on any atom is 0.251 e. The lowest BCUT2D eigenvalue weighted by molar-refractivity contribution is -0.127. The van der Waals surface area contributed by atoms with Gasteiger partial charge in [-0.2, -0.15) is 0 Å². The molecule has 0 aromatic heterocycles. The topological polar surface area (TPSA) is 114 Å². The number of carbonyl (C=O) groups excluding carboxylic acids is 2. The molecule has 1 aliphatic heterocycles. The van der Waals surface area contributed by atoms with E-state index in [2.05, 4.69) is 10.0 Å². The van der Waals surface area contributed by atoms with Crippen molar-refractivity contribution in [2.24, 2.45) is 0 Å². The number of fused-ring (bicyclic) bond motifs is 1. The number of likely N-dealkylation sites (N-methyl/N-ethyl adjacent to an activating group) is 1. The summed E-state index contributed by atoms with van der Waals surface area (Å²) in [6, 6.07) is 10.8. The van der Waals surface area contributed by atoms with Crippen LogP contribution in [0.2, 0.25) is 0 Å². The van der Waals surface area contributed by atoms with Crippen LogP contribution >= 0.6 is 0 Å². The number of rotatable bonds is 7. The molecule has 0 atom stereocenters. The van der Waals surface area contributed by atoms with Gasteiger partial charge in [-0.3, -0.25) is 9.59 Å². The fourth-order valence-corrected chi connectivity index (χ4v) is 3.60. The van der Waals surface area contributed by atoms with Crippen LogP contribution in [0.15, 0.2) is 47.4 Å². The molecule has 0 saturated carbocycles. The Morgan fingerprint density at radius 3 is 2.59 bits per heavy atom. The second kappa shape index (κ2) is 8.50. The number of nitrogens with one attached hydrogen (secondary N) is 2. The number of amides is 2. The number of sulfonamides is 1. The summed E-state index contributed by atoms with van der Waals surface area (Å²) in [6.45, 7) is 0.0113. The van der Waals surface area contributed by atoms with Crippen LogP contribution in [0.1, 0.15) is 15.9 Å². The van der Waals surface area contributed by atoms with Gasteiger partial charge in [-0.15, -0.1) is 0 Å². The fourth-order valence-electron chi connectivity index (χ4n) is 2.53. The highest BCUT2D eigenvalue weighted by atomic mass is 32.2. The molecule has 10 heteroatoms. The molecule has 3 rings (SSSR count). The summed E-state index contributed by atoms with van der Waals surface area (Å²) < 4.78 is 38.2. The summed E-state index contributed by atoms with van der Waals surface area (Å²) in [4.78, 5) is 25.1. The molecule has 2 N–H and O–H groups in total. The molecular formula is C19H21N3O6S. The van der Waals surface area contributed by atoms with Crippen molar-refractivity contribution in [2.45, 2.75) is 11.4 Å². The van der Waals surface area contributed by atoms with Crippen LogP contribution in [0.3, 0.4) is 0 Å². The normalized spacial score (nSPS) is 12.5. The summed E-state index contributed by atoms with van der Waals surface area (Å²) >= 11 is 0. The summed E-state index contributed by atoms with van der Waals surface area (Å²) in [5.41, 5.74) is 0.844. The number of hydrogen-bond donors (Lipinski definition) is 2. The molecule has 2 aromatic rings. The molecule has 1 aliphatic rings. The van der Waals surface area contributed by atoms with Gasteiger partial charge in [0.1, 0.15) is 0 Å². The molecule has 0 unspecified atom stereocenters. The summed E-state index contributed by atoms with van der Waals surface area (Å²) in [7, 11) is -0.697. The molecule has 29 heavy (non-hydrogen) atoms. The third-order valence-electron chi connectivity index (χ3n) is 4.21. The SMILES string of the molecule is CN(C)C(=O)CNC(=O)c1cccc(S(=O)(=O)NCc2ccc3c(c2)OCO3)c1. The van der Waals surface area contributed by atoms with Gasteiger partial charge in [-0.25, -0.2) is 13.1 Å². The monoisotopic (exact) mass is 419 g/mol. The summed E-state index contributed by atoms with van der Waals surface area (Å²) in [5.74, 6) is 0.372. The van der Waals surface area contributed by atoms with Crippen molar-refractivity contribution < 1.29 is 27.5 Å². The quantitative estimate of drug-likeness (QED) is 0.683. The van der Waals surface area contributed by atoms with E-state index in [1.165, 1.54) is 29.2 Å². The highest BCUT2D eigenvalue weighted by Crippen LogP contribution is 2.32. The Hall–Kier alpha value is -3.11. The molecule has 9 nitrogen and oxygen atoms in total. The molecule has 1 heterocycles. The maximum absolute atomic E-state index is 12.6. The van der Waals surface area contributed by atoms with E-state index in [0.29, 0.717) is 17.1 Å². The Morgan fingerprint density at radius 1 is 1.07 bits per heavy atom. The average Bonchev–Trinajstić information content (AvgIpc) is 3.18. The van der Waals surface area contributed by atoms with E-state index in [4.69, 9.17) is 9.47 Å². The van der Waals surface area contributed by atoms with Gasteiger partial charge in [0.15, 0.2) is 11.5 Å². The van der Waals surface area contributed by atoms with Crippen molar-refractivity contribution in [3.05, 3.63) is 53.6 Å². The van der Waals surface area contributed by atoms with E-state index < -0.39 is 15.9 Å². The highest BCUT2D eigenvalue weighted by Gasteiger charge is 2.18. The Labute approximate surface area is 168 Å². The van der Waals surface area contributed by atoms with Crippen LogP contribution in [-0.4, -0.2) is 52.6 Å². The number of ether oxygens (including phenoxy) is 2. The Morgan fingerprint density at radius 2 is 1.83 bits per heavy atom. The van der Waals surface area contributed by atoms with Crippen LogP contribution in [0.25, 0.3) is 0 Å². The molecule has 2 amide bonds. The first-order valence-electron chi connectivity index (χ1n) is 8.73. The van der Waals surface area contributed by atoms with Crippen LogP contribution in [0.5, 0.6) is 11.5 Å². The lowest BCUT2D eigenvalue weighted by atomic mass is 10.2. The first kappa shape index (κ1) is 20.6. The van der Waals surface area contributed by atoms with Crippen molar-refractivity contribution in [3.8, 4) is 11.5 Å². The van der Waals surface area contributed by atoms with Gasteiger partial charge in [0.05, 0.1) is 11.4 Å². The number of benzene rings is 2. The first-order valence-corrected chi connectivity index (χ1v) is 10.2. The molecule has 2 aromatic carbocycles. The van der Waals surface area contributed by atoms with Gasteiger partial charge in [-0.1, -0.05) is 12.1 Å². The Kier molecular flexibility index (Phi) is 6.04. The largest absolute Gasteiger partial charge is 0.454 e. The number of carbonyl (C=O) groups is 2. The Balaban J connectivity index is 1.66. The highest BCUT2D eigenvalue weighted by molar-refractivity contribution is 7.89. The van der Waals surface area contributed by atoms with Crippen molar-refractivity contribution in [3.63, 3.8) is 0 Å². The molecule has 0 spiro atoms. The molecule has 0 aliphatic carbocycles. The lowest BCUT2D eigenvalue weighted by Gasteiger charge is -2.12. The summed E-state index contributed by atoms with van der Waals surface area (Å²) in [5, 5.41) is 2.47. The second-order valence-electron chi connectivity index (χ2n) is 6.51.